The van der Waals surface area contributed by atoms with Crippen LogP contribution in [0, 0.1) is 0 Å². The van der Waals surface area contributed by atoms with Crippen molar-refractivity contribution in [3.05, 3.63) is 28.2 Å². The van der Waals surface area contributed by atoms with E-state index in [1.165, 1.54) is 23.1 Å². The van der Waals surface area contributed by atoms with E-state index in [1.807, 2.05) is 0 Å². The van der Waals surface area contributed by atoms with Crippen LogP contribution >= 0.6 is 23.2 Å². The van der Waals surface area contributed by atoms with Gasteiger partial charge in [-0.2, -0.15) is 0 Å². The summed E-state index contributed by atoms with van der Waals surface area (Å²) in [6.07, 6.45) is -0.432. The molecule has 1 heterocycles. The average molecular weight is 339 g/mol. The third-order valence-corrected chi connectivity index (χ3v) is 4.92. The van der Waals surface area contributed by atoms with E-state index in [2.05, 4.69) is 4.72 Å². The Bertz CT molecular complexity index is 621. The Kier molecular flexibility index (Phi) is 4.74. The van der Waals surface area contributed by atoms with Gasteiger partial charge in [-0.3, -0.25) is 0 Å². The van der Waals surface area contributed by atoms with Gasteiger partial charge in [0.15, 0.2) is 0 Å². The second kappa shape index (κ2) is 6.17. The van der Waals surface area contributed by atoms with Crippen LogP contribution in [-0.4, -0.2) is 45.7 Å². The SMILES string of the molecule is O=C1OCCN1CCNS(=O)(=O)c1ccc(Cl)c(Cl)c1. The third-order valence-electron chi connectivity index (χ3n) is 2.72. The number of halogens is 2. The molecule has 1 saturated heterocycles. The first kappa shape index (κ1) is 15.4. The lowest BCUT2D eigenvalue weighted by Crippen LogP contribution is -2.35. The molecule has 110 valence electrons. The monoisotopic (exact) mass is 338 g/mol. The van der Waals surface area contributed by atoms with Crippen LogP contribution in [-0.2, 0) is 14.8 Å². The molecule has 1 amide bonds. The zero-order chi connectivity index (χ0) is 14.8. The maximum atomic E-state index is 12.0. The van der Waals surface area contributed by atoms with Crippen LogP contribution in [0.25, 0.3) is 0 Å². The van der Waals surface area contributed by atoms with E-state index in [9.17, 15) is 13.2 Å². The minimum atomic E-state index is -3.68. The molecule has 1 N–H and O–H groups in total. The summed E-state index contributed by atoms with van der Waals surface area (Å²) >= 11 is 11.5. The molecule has 9 heteroatoms. The standard InChI is InChI=1S/C11H12Cl2N2O4S/c12-9-2-1-8(7-10(9)13)20(17,18)14-3-4-15-5-6-19-11(15)16/h1-2,7,14H,3-6H2. The number of hydrogen-bond acceptors (Lipinski definition) is 4. The molecule has 0 aliphatic carbocycles. The molecule has 1 aliphatic rings. The van der Waals surface area contributed by atoms with Gasteiger partial charge < -0.3 is 9.64 Å². The second-order valence-electron chi connectivity index (χ2n) is 4.08. The highest BCUT2D eigenvalue weighted by Crippen LogP contribution is 2.24. The first-order chi connectivity index (χ1) is 9.40. The van der Waals surface area contributed by atoms with Gasteiger partial charge in [0.2, 0.25) is 10.0 Å². The number of hydrogen-bond donors (Lipinski definition) is 1. The normalized spacial score (nSPS) is 15.5. The summed E-state index contributed by atoms with van der Waals surface area (Å²) in [5.41, 5.74) is 0. The lowest BCUT2D eigenvalue weighted by Gasteiger charge is -2.13. The maximum absolute atomic E-state index is 12.0. The topological polar surface area (TPSA) is 75.7 Å². The summed E-state index contributed by atoms with van der Waals surface area (Å²) < 4.78 is 31.1. The van der Waals surface area contributed by atoms with E-state index in [4.69, 9.17) is 27.9 Å². The number of sulfonamides is 1. The Morgan fingerprint density at radius 1 is 1.30 bits per heavy atom. The second-order valence-corrected chi connectivity index (χ2v) is 6.66. The fraction of sp³-hybridized carbons (Fsp3) is 0.364. The minimum Gasteiger partial charge on any atom is -0.448 e. The molecule has 0 bridgehead atoms. The Morgan fingerprint density at radius 2 is 2.05 bits per heavy atom. The Morgan fingerprint density at radius 3 is 2.65 bits per heavy atom. The fourth-order valence-corrected chi connectivity index (χ4v) is 3.08. The van der Waals surface area contributed by atoms with E-state index in [-0.39, 0.29) is 28.0 Å². The number of amides is 1. The number of benzene rings is 1. The maximum Gasteiger partial charge on any atom is 0.409 e. The van der Waals surface area contributed by atoms with Gasteiger partial charge in [-0.15, -0.1) is 0 Å². The number of nitrogens with one attached hydrogen (secondary N) is 1. The molecule has 20 heavy (non-hydrogen) atoms. The van der Waals surface area contributed by atoms with Crippen LogP contribution in [0.2, 0.25) is 10.0 Å². The van der Waals surface area contributed by atoms with Crippen LogP contribution in [0.4, 0.5) is 4.79 Å². The van der Waals surface area contributed by atoms with Crippen LogP contribution < -0.4 is 4.72 Å². The van der Waals surface area contributed by atoms with Gasteiger partial charge in [-0.25, -0.2) is 17.9 Å². The van der Waals surface area contributed by atoms with Gasteiger partial charge in [0.25, 0.3) is 0 Å². The molecule has 1 aromatic rings. The van der Waals surface area contributed by atoms with E-state index < -0.39 is 16.1 Å². The Hall–Kier alpha value is -1.02. The largest absolute Gasteiger partial charge is 0.448 e. The number of cyclic esters (lactones) is 1. The van der Waals surface area contributed by atoms with Crippen LogP contribution in [0.1, 0.15) is 0 Å². The van der Waals surface area contributed by atoms with Gasteiger partial charge in [0, 0.05) is 13.1 Å². The van der Waals surface area contributed by atoms with Crippen molar-refractivity contribution in [3.63, 3.8) is 0 Å². The molecule has 0 unspecified atom stereocenters. The average Bonchev–Trinajstić information content (AvgIpc) is 2.78. The molecule has 1 fully saturated rings. The highest BCUT2D eigenvalue weighted by molar-refractivity contribution is 7.89. The smallest absolute Gasteiger partial charge is 0.409 e. The van der Waals surface area contributed by atoms with Crippen molar-refractivity contribution in [1.82, 2.24) is 9.62 Å². The van der Waals surface area contributed by atoms with E-state index in [0.29, 0.717) is 13.2 Å². The fourth-order valence-electron chi connectivity index (χ4n) is 1.67. The van der Waals surface area contributed by atoms with Crippen molar-refractivity contribution < 1.29 is 17.9 Å². The summed E-state index contributed by atoms with van der Waals surface area (Å²) in [5.74, 6) is 0. The van der Waals surface area contributed by atoms with E-state index in [1.54, 1.807) is 0 Å². The lowest BCUT2D eigenvalue weighted by molar-refractivity contribution is 0.159. The first-order valence-corrected chi connectivity index (χ1v) is 8.00. The van der Waals surface area contributed by atoms with Gasteiger partial charge in [-0.05, 0) is 18.2 Å². The number of ether oxygens (including phenoxy) is 1. The minimum absolute atomic E-state index is 0.0240. The number of rotatable bonds is 5. The highest BCUT2D eigenvalue weighted by atomic mass is 35.5. The number of carbonyl (C=O) groups is 1. The van der Waals surface area contributed by atoms with E-state index >= 15 is 0 Å². The van der Waals surface area contributed by atoms with Crippen molar-refractivity contribution in [3.8, 4) is 0 Å². The van der Waals surface area contributed by atoms with Crippen molar-refractivity contribution >= 4 is 39.3 Å². The van der Waals surface area contributed by atoms with Gasteiger partial charge in [-0.1, -0.05) is 23.2 Å². The highest BCUT2D eigenvalue weighted by Gasteiger charge is 2.22. The molecule has 1 aromatic carbocycles. The molecule has 0 aromatic heterocycles. The summed E-state index contributed by atoms with van der Waals surface area (Å²) in [6, 6.07) is 4.05. The molecular weight excluding hydrogens is 327 g/mol. The summed E-state index contributed by atoms with van der Waals surface area (Å²) in [5, 5.41) is 0.447. The van der Waals surface area contributed by atoms with Crippen molar-refractivity contribution in [2.45, 2.75) is 4.90 Å². The molecular formula is C11H12Cl2N2O4S. The van der Waals surface area contributed by atoms with Crippen LogP contribution in [0.3, 0.4) is 0 Å². The predicted molar refractivity (Wildman–Crippen MR) is 74.6 cm³/mol. The first-order valence-electron chi connectivity index (χ1n) is 5.76. The van der Waals surface area contributed by atoms with E-state index in [0.717, 1.165) is 0 Å². The van der Waals surface area contributed by atoms with Gasteiger partial charge in [0.05, 0.1) is 21.5 Å². The quantitative estimate of drug-likeness (QED) is 0.886. The predicted octanol–water partition coefficient (Wildman–Crippen LogP) is 1.72. The number of carbonyl (C=O) groups excluding carboxylic acids is 1. The van der Waals surface area contributed by atoms with Crippen molar-refractivity contribution in [2.24, 2.45) is 0 Å². The summed E-state index contributed by atoms with van der Waals surface area (Å²) in [4.78, 5) is 12.6. The Labute approximate surface area is 126 Å². The van der Waals surface area contributed by atoms with Crippen LogP contribution in [0.15, 0.2) is 23.1 Å². The Balaban J connectivity index is 1.96. The zero-order valence-corrected chi connectivity index (χ0v) is 12.6. The molecule has 1 aliphatic heterocycles. The molecule has 0 spiro atoms. The number of nitrogens with zero attached hydrogens (tertiary/aromatic N) is 1. The van der Waals surface area contributed by atoms with Gasteiger partial charge in [0.1, 0.15) is 6.61 Å². The molecule has 0 saturated carbocycles. The van der Waals surface area contributed by atoms with Crippen molar-refractivity contribution in [2.75, 3.05) is 26.2 Å². The van der Waals surface area contributed by atoms with Crippen molar-refractivity contribution in [1.29, 1.82) is 0 Å². The molecule has 0 atom stereocenters. The molecule has 6 nitrogen and oxygen atoms in total. The molecule has 0 radical (unpaired) electrons. The van der Waals surface area contributed by atoms with Crippen LogP contribution in [0.5, 0.6) is 0 Å². The summed E-state index contributed by atoms with van der Waals surface area (Å²) in [7, 11) is -3.68. The lowest BCUT2D eigenvalue weighted by atomic mass is 10.4. The molecule has 2 rings (SSSR count). The third kappa shape index (κ3) is 3.54. The van der Waals surface area contributed by atoms with Gasteiger partial charge >= 0.3 is 6.09 Å². The summed E-state index contributed by atoms with van der Waals surface area (Å²) in [6.45, 7) is 1.14. The zero-order valence-electron chi connectivity index (χ0n) is 10.3.